The first-order valence-corrected chi connectivity index (χ1v) is 11.2. The molecule has 0 spiro atoms. The molecule has 0 saturated carbocycles. The van der Waals surface area contributed by atoms with E-state index >= 15 is 0 Å². The van der Waals surface area contributed by atoms with Crippen LogP contribution in [0.2, 0.25) is 0 Å². The summed E-state index contributed by atoms with van der Waals surface area (Å²) in [5.41, 5.74) is -1.41. The van der Waals surface area contributed by atoms with Crippen LogP contribution in [0.1, 0.15) is 61.0 Å². The number of aliphatic hydroxyl groups is 1. The fourth-order valence-electron chi connectivity index (χ4n) is 4.17. The first-order chi connectivity index (χ1) is 15.7. The van der Waals surface area contributed by atoms with Crippen LogP contribution < -0.4 is 16.6 Å². The zero-order valence-corrected chi connectivity index (χ0v) is 19.0. The van der Waals surface area contributed by atoms with Gasteiger partial charge in [0.1, 0.15) is 5.60 Å². The molecule has 2 atom stereocenters. The van der Waals surface area contributed by atoms with Crippen molar-refractivity contribution >= 4 is 11.8 Å². The van der Waals surface area contributed by atoms with E-state index in [1.807, 2.05) is 0 Å². The smallest absolute Gasteiger partial charge is 0.328 e. The Kier molecular flexibility index (Phi) is 7.80. The normalized spacial score (nSPS) is 20.5. The number of H-pyrrole nitrogens is 1. The molecule has 0 aromatic carbocycles. The average Bonchev–Trinajstić information content (AvgIpc) is 2.78. The molecule has 1 aliphatic heterocycles. The maximum absolute atomic E-state index is 12.6. The molecule has 1 aliphatic rings. The number of piperidine rings is 1. The van der Waals surface area contributed by atoms with Gasteiger partial charge in [-0.3, -0.25) is 28.9 Å². The van der Waals surface area contributed by atoms with E-state index in [1.165, 1.54) is 17.0 Å². The molecule has 10 nitrogen and oxygen atoms in total. The van der Waals surface area contributed by atoms with E-state index in [0.717, 1.165) is 12.8 Å². The van der Waals surface area contributed by atoms with Crippen molar-refractivity contribution in [1.82, 2.24) is 24.8 Å². The number of likely N-dealkylation sites (tertiary alicyclic amines) is 1. The topological polar surface area (TPSA) is 137 Å². The Morgan fingerprint density at radius 1 is 1.30 bits per heavy atom. The molecule has 0 radical (unpaired) electrons. The number of β-amino-alcohol motifs (C(OH)–C–C–N with tert-alkyl or cyclic N) is 1. The highest BCUT2D eigenvalue weighted by molar-refractivity contribution is 5.93. The van der Waals surface area contributed by atoms with Gasteiger partial charge in [0.25, 0.3) is 11.5 Å². The fourth-order valence-corrected chi connectivity index (χ4v) is 4.17. The minimum Gasteiger partial charge on any atom is -0.386 e. The second-order valence-electron chi connectivity index (χ2n) is 8.76. The van der Waals surface area contributed by atoms with Crippen LogP contribution in [0.3, 0.4) is 0 Å². The van der Waals surface area contributed by atoms with Gasteiger partial charge in [-0.25, -0.2) is 4.79 Å². The summed E-state index contributed by atoms with van der Waals surface area (Å²) in [6.07, 6.45) is 7.58. The van der Waals surface area contributed by atoms with E-state index in [1.54, 1.807) is 37.1 Å². The van der Waals surface area contributed by atoms with Crippen LogP contribution in [-0.2, 0) is 4.79 Å². The quantitative estimate of drug-likeness (QED) is 0.501. The van der Waals surface area contributed by atoms with Gasteiger partial charge in [0.2, 0.25) is 5.91 Å². The van der Waals surface area contributed by atoms with Crippen molar-refractivity contribution in [3.63, 3.8) is 0 Å². The number of nitrogens with one attached hydrogen (secondary N) is 2. The van der Waals surface area contributed by atoms with E-state index < -0.39 is 22.9 Å². The second-order valence-corrected chi connectivity index (χ2v) is 8.76. The molecule has 3 N–H and O–H groups in total. The van der Waals surface area contributed by atoms with Crippen molar-refractivity contribution in [1.29, 1.82) is 0 Å². The Balaban J connectivity index is 1.43. The molecular formula is C23H31N5O5. The summed E-state index contributed by atoms with van der Waals surface area (Å²) in [5, 5.41) is 13.8. The predicted octanol–water partition coefficient (Wildman–Crippen LogP) is 0.755. The summed E-state index contributed by atoms with van der Waals surface area (Å²) >= 11 is 0. The molecule has 0 unspecified atom stereocenters. The molecule has 0 aliphatic carbocycles. The highest BCUT2D eigenvalue weighted by Crippen LogP contribution is 2.31. The molecule has 2 aromatic rings. The summed E-state index contributed by atoms with van der Waals surface area (Å²) in [6, 6.07) is 2.88. The Labute approximate surface area is 191 Å². The fraction of sp³-hybridized carbons (Fsp3) is 0.522. The number of aryl methyl sites for hydroxylation is 1. The van der Waals surface area contributed by atoms with Crippen molar-refractivity contribution in [2.24, 2.45) is 0 Å². The Morgan fingerprint density at radius 3 is 2.79 bits per heavy atom. The van der Waals surface area contributed by atoms with Crippen LogP contribution in [0.15, 0.2) is 40.3 Å². The second kappa shape index (κ2) is 10.6. The first kappa shape index (κ1) is 24.4. The highest BCUT2D eigenvalue weighted by atomic mass is 16.3. The van der Waals surface area contributed by atoms with Gasteiger partial charge in [0, 0.05) is 43.7 Å². The number of hydrogen-bond acceptors (Lipinski definition) is 6. The molecular weight excluding hydrogens is 426 g/mol. The number of rotatable bonds is 8. The maximum atomic E-state index is 12.6. The Morgan fingerprint density at radius 2 is 2.09 bits per heavy atom. The number of amides is 2. The van der Waals surface area contributed by atoms with Gasteiger partial charge in [0.15, 0.2) is 0 Å². The third-order valence-electron chi connectivity index (χ3n) is 6.01. The molecule has 2 amide bonds. The van der Waals surface area contributed by atoms with E-state index in [2.05, 4.69) is 15.3 Å². The average molecular weight is 458 g/mol. The lowest BCUT2D eigenvalue weighted by Gasteiger charge is -2.43. The van der Waals surface area contributed by atoms with Crippen molar-refractivity contribution in [2.45, 2.75) is 57.6 Å². The summed E-state index contributed by atoms with van der Waals surface area (Å²) in [7, 11) is 0. The lowest BCUT2D eigenvalue weighted by atomic mass is 9.88. The van der Waals surface area contributed by atoms with E-state index in [9.17, 15) is 24.3 Å². The zero-order chi connectivity index (χ0) is 24.0. The Hall–Kier alpha value is -3.27. The lowest BCUT2D eigenvalue weighted by Crippen LogP contribution is -2.56. The minimum atomic E-state index is -1.31. The summed E-state index contributed by atoms with van der Waals surface area (Å²) < 4.78 is 1.36. The molecule has 3 heterocycles. The third-order valence-corrected chi connectivity index (χ3v) is 6.01. The monoisotopic (exact) mass is 457 g/mol. The van der Waals surface area contributed by atoms with Gasteiger partial charge < -0.3 is 15.3 Å². The van der Waals surface area contributed by atoms with Crippen LogP contribution in [0.25, 0.3) is 0 Å². The number of pyridine rings is 1. The van der Waals surface area contributed by atoms with Crippen molar-refractivity contribution < 1.29 is 14.7 Å². The summed E-state index contributed by atoms with van der Waals surface area (Å²) in [6.45, 7) is 4.27. The van der Waals surface area contributed by atoms with Gasteiger partial charge in [-0.2, -0.15) is 0 Å². The van der Waals surface area contributed by atoms with Crippen molar-refractivity contribution in [3.05, 3.63) is 62.7 Å². The lowest BCUT2D eigenvalue weighted by molar-refractivity contribution is -0.140. The number of hydrogen-bond donors (Lipinski definition) is 3. The van der Waals surface area contributed by atoms with Gasteiger partial charge in [0.05, 0.1) is 18.2 Å². The van der Waals surface area contributed by atoms with Crippen LogP contribution in [0.5, 0.6) is 0 Å². The van der Waals surface area contributed by atoms with Crippen LogP contribution in [-0.4, -0.2) is 61.6 Å². The number of aromatic nitrogens is 3. The molecule has 0 bridgehead atoms. The van der Waals surface area contributed by atoms with Crippen LogP contribution in [0, 0.1) is 6.92 Å². The number of aromatic amines is 1. The summed E-state index contributed by atoms with van der Waals surface area (Å²) in [5.74, 6) is -0.209. The Bertz CT molecular complexity index is 1090. The molecule has 2 aromatic heterocycles. The third kappa shape index (κ3) is 6.16. The van der Waals surface area contributed by atoms with Gasteiger partial charge in [-0.05, 0) is 45.2 Å². The highest BCUT2D eigenvalue weighted by Gasteiger charge is 2.41. The predicted molar refractivity (Wildman–Crippen MR) is 122 cm³/mol. The largest absolute Gasteiger partial charge is 0.386 e. The molecule has 33 heavy (non-hydrogen) atoms. The number of nitrogens with zero attached hydrogens (tertiary/aromatic N) is 3. The van der Waals surface area contributed by atoms with Crippen molar-refractivity contribution in [3.8, 4) is 0 Å². The van der Waals surface area contributed by atoms with Gasteiger partial charge in [-0.1, -0.05) is 6.42 Å². The molecule has 10 heteroatoms. The van der Waals surface area contributed by atoms with E-state index in [-0.39, 0.29) is 18.4 Å². The maximum Gasteiger partial charge on any atom is 0.328 e. The van der Waals surface area contributed by atoms with E-state index in [4.69, 9.17) is 0 Å². The zero-order valence-electron chi connectivity index (χ0n) is 19.0. The number of carbonyl (C=O) groups excluding carboxylic acids is 2. The van der Waals surface area contributed by atoms with Crippen LogP contribution in [0.4, 0.5) is 0 Å². The van der Waals surface area contributed by atoms with E-state index in [0.29, 0.717) is 43.5 Å². The molecule has 3 rings (SSSR count). The molecule has 1 saturated heterocycles. The van der Waals surface area contributed by atoms with Crippen molar-refractivity contribution in [2.75, 3.05) is 19.6 Å². The SMILES string of the molecule is Cc1cn([C@H]2CCN(C(=O)CCCCCNC(=O)c3cccnc3)C[C@]2(C)O)c(=O)[nH]c1=O. The standard InChI is InChI=1S/C23H31N5O5/c1-16-14-28(22(32)26-20(16)30)18-9-12-27(15-23(18,2)33)19(29)8-4-3-5-11-25-21(31)17-7-6-10-24-13-17/h6-7,10,13-14,18,33H,3-5,8-9,11-12,15H2,1-2H3,(H,25,31)(H,26,30,32)/t18-,23-/m0/s1. The number of unbranched alkanes of at least 4 members (excludes halogenated alkanes) is 2. The first-order valence-electron chi connectivity index (χ1n) is 11.2. The van der Waals surface area contributed by atoms with Gasteiger partial charge in [-0.15, -0.1) is 0 Å². The van der Waals surface area contributed by atoms with Gasteiger partial charge >= 0.3 is 5.69 Å². The van der Waals surface area contributed by atoms with Crippen LogP contribution >= 0.6 is 0 Å². The molecule has 178 valence electrons. The molecule has 1 fully saturated rings. The number of carbonyl (C=O) groups is 2. The minimum absolute atomic E-state index is 0.0434. The summed E-state index contributed by atoms with van der Waals surface area (Å²) in [4.78, 5) is 56.3.